The topological polar surface area (TPSA) is 9.23 Å². The molecule has 0 spiro atoms. The Labute approximate surface area is 93.5 Å². The Hall–Kier alpha value is -0.980. The number of para-hydroxylation sites is 1. The lowest BCUT2D eigenvalue weighted by atomic mass is 9.84. The fraction of sp³-hybridized carbons (Fsp3) is 0.571. The van der Waals surface area contributed by atoms with E-state index in [9.17, 15) is 0 Å². The van der Waals surface area contributed by atoms with Gasteiger partial charge in [0, 0.05) is 0 Å². The van der Waals surface area contributed by atoms with Crippen LogP contribution in [-0.4, -0.2) is 7.11 Å². The molecule has 0 saturated carbocycles. The van der Waals surface area contributed by atoms with Crippen LogP contribution in [0.3, 0.4) is 0 Å². The predicted octanol–water partition coefficient (Wildman–Crippen LogP) is 4.06. The van der Waals surface area contributed by atoms with Crippen molar-refractivity contribution in [1.82, 2.24) is 0 Å². The normalized spacial score (nSPS) is 11.5. The van der Waals surface area contributed by atoms with Crippen molar-refractivity contribution in [3.05, 3.63) is 29.8 Å². The number of benzene rings is 1. The maximum Gasteiger partial charge on any atom is 0.122 e. The van der Waals surface area contributed by atoms with Crippen molar-refractivity contribution in [1.29, 1.82) is 0 Å². The third-order valence-corrected chi connectivity index (χ3v) is 3.22. The summed E-state index contributed by atoms with van der Waals surface area (Å²) in [5, 5.41) is 0. The Kier molecular flexibility index (Phi) is 4.19. The summed E-state index contributed by atoms with van der Waals surface area (Å²) in [5.74, 6) is 1.02. The van der Waals surface area contributed by atoms with E-state index in [1.807, 2.05) is 12.1 Å². The molecule has 0 radical (unpaired) electrons. The third kappa shape index (κ3) is 3.58. The zero-order chi connectivity index (χ0) is 11.3. The quantitative estimate of drug-likeness (QED) is 0.705. The third-order valence-electron chi connectivity index (χ3n) is 3.22. The van der Waals surface area contributed by atoms with Crippen molar-refractivity contribution < 1.29 is 4.74 Å². The van der Waals surface area contributed by atoms with E-state index in [0.29, 0.717) is 5.41 Å². The molecule has 0 bridgehead atoms. The number of rotatable bonds is 5. The molecule has 0 heterocycles. The zero-order valence-electron chi connectivity index (χ0n) is 10.3. The average Bonchev–Trinajstić information content (AvgIpc) is 2.27. The monoisotopic (exact) mass is 206 g/mol. The van der Waals surface area contributed by atoms with Crippen LogP contribution in [0.5, 0.6) is 5.75 Å². The molecule has 1 aromatic carbocycles. The Morgan fingerprint density at radius 1 is 1.20 bits per heavy atom. The van der Waals surface area contributed by atoms with Crippen molar-refractivity contribution in [2.45, 2.75) is 40.0 Å². The van der Waals surface area contributed by atoms with Crippen LogP contribution in [0.4, 0.5) is 0 Å². The van der Waals surface area contributed by atoms with Gasteiger partial charge in [0.05, 0.1) is 7.11 Å². The van der Waals surface area contributed by atoms with Gasteiger partial charge in [0.15, 0.2) is 0 Å². The minimum absolute atomic E-state index is 0.431. The number of methoxy groups -OCH3 is 1. The van der Waals surface area contributed by atoms with Crippen molar-refractivity contribution in [3.8, 4) is 5.75 Å². The summed E-state index contributed by atoms with van der Waals surface area (Å²) < 4.78 is 5.34. The van der Waals surface area contributed by atoms with Gasteiger partial charge in [-0.2, -0.15) is 0 Å². The largest absolute Gasteiger partial charge is 0.496 e. The highest BCUT2D eigenvalue weighted by molar-refractivity contribution is 5.33. The van der Waals surface area contributed by atoms with Gasteiger partial charge in [-0.05, 0) is 29.9 Å². The highest BCUT2D eigenvalue weighted by Crippen LogP contribution is 2.28. The van der Waals surface area contributed by atoms with Crippen molar-refractivity contribution >= 4 is 0 Å². The number of hydrogen-bond donors (Lipinski definition) is 0. The van der Waals surface area contributed by atoms with Crippen molar-refractivity contribution in [2.24, 2.45) is 5.41 Å². The first-order chi connectivity index (χ1) is 7.09. The molecule has 0 fully saturated rings. The van der Waals surface area contributed by atoms with Gasteiger partial charge in [0.25, 0.3) is 0 Å². The van der Waals surface area contributed by atoms with E-state index in [1.54, 1.807) is 7.11 Å². The van der Waals surface area contributed by atoms with E-state index in [2.05, 4.69) is 32.9 Å². The van der Waals surface area contributed by atoms with Crippen LogP contribution in [0.25, 0.3) is 0 Å². The van der Waals surface area contributed by atoms with Crippen LogP contribution in [0, 0.1) is 5.41 Å². The predicted molar refractivity (Wildman–Crippen MR) is 65.4 cm³/mol. The molecule has 0 saturated heterocycles. The van der Waals surface area contributed by atoms with Gasteiger partial charge in [-0.15, -0.1) is 0 Å². The molecule has 0 amide bonds. The van der Waals surface area contributed by atoms with E-state index in [4.69, 9.17) is 4.74 Å². The lowest BCUT2D eigenvalue weighted by Crippen LogP contribution is -2.10. The molecule has 84 valence electrons. The molecule has 1 aromatic rings. The molecular formula is C14H22O. The second-order valence-corrected chi connectivity index (χ2v) is 4.83. The molecule has 1 rings (SSSR count). The van der Waals surface area contributed by atoms with E-state index < -0.39 is 0 Å². The minimum Gasteiger partial charge on any atom is -0.496 e. The van der Waals surface area contributed by atoms with Gasteiger partial charge in [-0.3, -0.25) is 0 Å². The molecule has 0 aliphatic rings. The first-order valence-electron chi connectivity index (χ1n) is 5.71. The van der Waals surface area contributed by atoms with Gasteiger partial charge in [0.1, 0.15) is 5.75 Å². The zero-order valence-corrected chi connectivity index (χ0v) is 10.3. The molecule has 0 aliphatic heterocycles. The highest BCUT2D eigenvalue weighted by Gasteiger charge is 2.15. The maximum atomic E-state index is 5.34. The summed E-state index contributed by atoms with van der Waals surface area (Å²) in [6, 6.07) is 8.29. The summed E-state index contributed by atoms with van der Waals surface area (Å²) in [5.41, 5.74) is 1.75. The Balaban J connectivity index is 2.65. The van der Waals surface area contributed by atoms with E-state index in [1.165, 1.54) is 18.4 Å². The summed E-state index contributed by atoms with van der Waals surface area (Å²) in [4.78, 5) is 0. The Morgan fingerprint density at radius 3 is 2.47 bits per heavy atom. The van der Waals surface area contributed by atoms with Gasteiger partial charge < -0.3 is 4.74 Å². The summed E-state index contributed by atoms with van der Waals surface area (Å²) in [7, 11) is 1.74. The molecule has 0 aliphatic carbocycles. The average molecular weight is 206 g/mol. The first kappa shape index (κ1) is 12.1. The highest BCUT2D eigenvalue weighted by atomic mass is 16.5. The Bertz CT molecular complexity index is 302. The number of ether oxygens (including phenoxy) is 1. The standard InChI is InChI=1S/C14H22O/c1-5-14(2,3)11-10-12-8-6-7-9-13(12)15-4/h6-9H,5,10-11H2,1-4H3. The smallest absolute Gasteiger partial charge is 0.122 e. The molecule has 15 heavy (non-hydrogen) atoms. The lowest BCUT2D eigenvalue weighted by molar-refractivity contribution is 0.319. The van der Waals surface area contributed by atoms with Crippen LogP contribution in [0.1, 0.15) is 39.2 Å². The molecule has 0 atom stereocenters. The summed E-state index contributed by atoms with van der Waals surface area (Å²) in [6.45, 7) is 6.90. The number of hydrogen-bond acceptors (Lipinski definition) is 1. The van der Waals surface area contributed by atoms with Crippen LogP contribution in [0.2, 0.25) is 0 Å². The maximum absolute atomic E-state index is 5.34. The molecule has 0 unspecified atom stereocenters. The van der Waals surface area contributed by atoms with Gasteiger partial charge in [0.2, 0.25) is 0 Å². The van der Waals surface area contributed by atoms with Crippen LogP contribution in [0.15, 0.2) is 24.3 Å². The van der Waals surface area contributed by atoms with E-state index >= 15 is 0 Å². The minimum atomic E-state index is 0.431. The Morgan fingerprint density at radius 2 is 1.87 bits per heavy atom. The molecule has 0 N–H and O–H groups in total. The first-order valence-corrected chi connectivity index (χ1v) is 5.71. The lowest BCUT2D eigenvalue weighted by Gasteiger charge is -2.22. The van der Waals surface area contributed by atoms with Gasteiger partial charge in [-0.1, -0.05) is 45.4 Å². The van der Waals surface area contributed by atoms with E-state index in [0.717, 1.165) is 12.2 Å². The molecule has 1 nitrogen and oxygen atoms in total. The van der Waals surface area contributed by atoms with Crippen molar-refractivity contribution in [2.75, 3.05) is 7.11 Å². The van der Waals surface area contributed by atoms with E-state index in [-0.39, 0.29) is 0 Å². The SMILES string of the molecule is CCC(C)(C)CCc1ccccc1OC. The molecule has 1 heteroatoms. The fourth-order valence-electron chi connectivity index (χ4n) is 1.56. The van der Waals surface area contributed by atoms with Gasteiger partial charge >= 0.3 is 0 Å². The summed E-state index contributed by atoms with van der Waals surface area (Å²) >= 11 is 0. The summed E-state index contributed by atoms with van der Waals surface area (Å²) in [6.07, 6.45) is 3.54. The van der Waals surface area contributed by atoms with Crippen LogP contribution in [-0.2, 0) is 6.42 Å². The number of aryl methyl sites for hydroxylation is 1. The second-order valence-electron chi connectivity index (χ2n) is 4.83. The molecule has 0 aromatic heterocycles. The second kappa shape index (κ2) is 5.20. The van der Waals surface area contributed by atoms with Crippen LogP contribution >= 0.6 is 0 Å². The van der Waals surface area contributed by atoms with Crippen LogP contribution < -0.4 is 4.74 Å². The van der Waals surface area contributed by atoms with Gasteiger partial charge in [-0.25, -0.2) is 0 Å². The fourth-order valence-corrected chi connectivity index (χ4v) is 1.56. The molecular weight excluding hydrogens is 184 g/mol. The van der Waals surface area contributed by atoms with Crippen molar-refractivity contribution in [3.63, 3.8) is 0 Å².